The van der Waals surface area contributed by atoms with Gasteiger partial charge in [0.25, 0.3) is 0 Å². The number of likely N-dealkylation sites (N-methyl/N-ethyl adjacent to an activating group) is 2. The summed E-state index contributed by atoms with van der Waals surface area (Å²) in [6, 6.07) is 8.02. The molecule has 1 aliphatic heterocycles. The first kappa shape index (κ1) is 21.2. The van der Waals surface area contributed by atoms with Gasteiger partial charge in [0, 0.05) is 32.7 Å². The molecule has 1 heterocycles. The molecule has 0 aliphatic carbocycles. The van der Waals surface area contributed by atoms with Gasteiger partial charge in [0.2, 0.25) is 5.91 Å². The lowest BCUT2D eigenvalue weighted by Gasteiger charge is -2.37. The molecular formula is C20H31N3O4. The minimum Gasteiger partial charge on any atom is -0.497 e. The Labute approximate surface area is 161 Å². The summed E-state index contributed by atoms with van der Waals surface area (Å²) in [5.41, 5.74) is 1.07. The van der Waals surface area contributed by atoms with Crippen LogP contribution >= 0.6 is 0 Å². The molecule has 1 aromatic carbocycles. The Bertz CT molecular complexity index is 612. The molecule has 1 N–H and O–H groups in total. The quantitative estimate of drug-likeness (QED) is 0.704. The van der Waals surface area contributed by atoms with Crippen LogP contribution in [-0.2, 0) is 16.1 Å². The first-order valence-corrected chi connectivity index (χ1v) is 9.48. The topological polar surface area (TPSA) is 73.3 Å². The van der Waals surface area contributed by atoms with E-state index in [1.165, 1.54) is 0 Å². The molecule has 0 aromatic heterocycles. The van der Waals surface area contributed by atoms with Gasteiger partial charge in [0.1, 0.15) is 5.75 Å². The van der Waals surface area contributed by atoms with Crippen LogP contribution in [0.4, 0.5) is 0 Å². The van der Waals surface area contributed by atoms with E-state index in [9.17, 15) is 9.59 Å². The van der Waals surface area contributed by atoms with Gasteiger partial charge in [0.15, 0.2) is 0 Å². The Kier molecular flexibility index (Phi) is 8.06. The Morgan fingerprint density at radius 2 is 1.85 bits per heavy atom. The summed E-state index contributed by atoms with van der Waals surface area (Å²) in [7, 11) is 3.46. The maximum absolute atomic E-state index is 12.5. The maximum atomic E-state index is 12.5. The number of hydrogen-bond acceptors (Lipinski definition) is 5. The van der Waals surface area contributed by atoms with Gasteiger partial charge in [-0.1, -0.05) is 19.1 Å². The summed E-state index contributed by atoms with van der Waals surface area (Å²) >= 11 is 0. The Hall–Kier alpha value is -2.12. The van der Waals surface area contributed by atoms with E-state index in [4.69, 9.17) is 9.84 Å². The Balaban J connectivity index is 1.78. The number of carbonyl (C=O) groups is 2. The summed E-state index contributed by atoms with van der Waals surface area (Å²) in [5, 5.41) is 9.02. The number of hydrogen-bond donors (Lipinski definition) is 1. The minimum absolute atomic E-state index is 0.0880. The minimum atomic E-state index is -0.783. The normalized spacial score (nSPS) is 15.7. The predicted molar refractivity (Wildman–Crippen MR) is 104 cm³/mol. The fourth-order valence-corrected chi connectivity index (χ4v) is 3.52. The summed E-state index contributed by atoms with van der Waals surface area (Å²) in [6.07, 6.45) is 1.80. The zero-order valence-electron chi connectivity index (χ0n) is 16.6. The second kappa shape index (κ2) is 10.3. The second-order valence-corrected chi connectivity index (χ2v) is 7.06. The number of carboxylic acid groups (broad SMARTS) is 1. The van der Waals surface area contributed by atoms with Crippen LogP contribution in [0.5, 0.6) is 5.75 Å². The molecule has 7 nitrogen and oxygen atoms in total. The molecule has 0 unspecified atom stereocenters. The van der Waals surface area contributed by atoms with Gasteiger partial charge in [-0.05, 0) is 37.1 Å². The number of carbonyl (C=O) groups excluding carboxylic acids is 1. The molecular weight excluding hydrogens is 346 g/mol. The highest BCUT2D eigenvalue weighted by Gasteiger charge is 2.26. The van der Waals surface area contributed by atoms with Crippen LogP contribution in [0, 0.1) is 0 Å². The molecule has 0 saturated carbocycles. The zero-order chi connectivity index (χ0) is 19.8. The number of rotatable bonds is 9. The van der Waals surface area contributed by atoms with Crippen molar-refractivity contribution in [2.24, 2.45) is 0 Å². The first-order chi connectivity index (χ1) is 12.9. The number of methoxy groups -OCH3 is 1. The van der Waals surface area contributed by atoms with E-state index in [1.807, 2.05) is 43.1 Å². The fourth-order valence-electron chi connectivity index (χ4n) is 3.52. The van der Waals surface area contributed by atoms with E-state index >= 15 is 0 Å². The highest BCUT2D eigenvalue weighted by atomic mass is 16.5. The molecule has 150 valence electrons. The van der Waals surface area contributed by atoms with Crippen LogP contribution < -0.4 is 4.74 Å². The van der Waals surface area contributed by atoms with Crippen molar-refractivity contribution in [3.63, 3.8) is 0 Å². The second-order valence-electron chi connectivity index (χ2n) is 7.06. The molecule has 7 heteroatoms. The number of likely N-dealkylation sites (tertiary alicyclic amines) is 1. The van der Waals surface area contributed by atoms with E-state index in [0.29, 0.717) is 13.1 Å². The van der Waals surface area contributed by atoms with E-state index in [0.717, 1.165) is 43.8 Å². The van der Waals surface area contributed by atoms with Crippen molar-refractivity contribution in [1.82, 2.24) is 14.7 Å². The van der Waals surface area contributed by atoms with Crippen molar-refractivity contribution >= 4 is 11.9 Å². The van der Waals surface area contributed by atoms with Gasteiger partial charge in [-0.2, -0.15) is 0 Å². The highest BCUT2D eigenvalue weighted by Crippen LogP contribution is 2.17. The van der Waals surface area contributed by atoms with Gasteiger partial charge < -0.3 is 14.7 Å². The van der Waals surface area contributed by atoms with Crippen molar-refractivity contribution in [2.45, 2.75) is 32.4 Å². The number of ether oxygens (including phenoxy) is 1. The first-order valence-electron chi connectivity index (χ1n) is 9.48. The lowest BCUT2D eigenvalue weighted by atomic mass is 10.0. The van der Waals surface area contributed by atoms with Crippen LogP contribution in [-0.4, -0.2) is 84.6 Å². The largest absolute Gasteiger partial charge is 0.497 e. The number of aliphatic carboxylic acids is 1. The molecule has 0 radical (unpaired) electrons. The van der Waals surface area contributed by atoms with E-state index in [-0.39, 0.29) is 18.5 Å². The molecule has 0 atom stereocenters. The Morgan fingerprint density at radius 1 is 1.22 bits per heavy atom. The summed E-state index contributed by atoms with van der Waals surface area (Å²) < 4.78 is 5.15. The monoisotopic (exact) mass is 377 g/mol. The fraction of sp³-hybridized carbons (Fsp3) is 0.600. The molecule has 0 spiro atoms. The lowest BCUT2D eigenvalue weighted by molar-refractivity contribution is -0.139. The van der Waals surface area contributed by atoms with Crippen LogP contribution in [0.15, 0.2) is 24.3 Å². The maximum Gasteiger partial charge on any atom is 0.317 e. The standard InChI is InChI=1S/C20H31N3O4/c1-4-23(15-20(25)26)17-9-11-22(12-10-17)14-19(24)21(2)13-16-5-7-18(27-3)8-6-16/h5-8,17H,4,9-15H2,1-3H3,(H,25,26). The number of nitrogens with zero attached hydrogens (tertiary/aromatic N) is 3. The van der Waals surface area contributed by atoms with Gasteiger partial charge >= 0.3 is 5.97 Å². The molecule has 1 saturated heterocycles. The zero-order valence-corrected chi connectivity index (χ0v) is 16.6. The van der Waals surface area contributed by atoms with Gasteiger partial charge in [0.05, 0.1) is 20.2 Å². The Morgan fingerprint density at radius 3 is 2.37 bits per heavy atom. The van der Waals surface area contributed by atoms with Crippen molar-refractivity contribution in [3.05, 3.63) is 29.8 Å². The SMILES string of the molecule is CCN(CC(=O)O)C1CCN(CC(=O)N(C)Cc2ccc(OC)cc2)CC1. The van der Waals surface area contributed by atoms with Crippen molar-refractivity contribution in [3.8, 4) is 5.75 Å². The lowest BCUT2D eigenvalue weighted by Crippen LogP contribution is -2.48. The van der Waals surface area contributed by atoms with Crippen molar-refractivity contribution in [1.29, 1.82) is 0 Å². The summed E-state index contributed by atoms with van der Waals surface area (Å²) in [5.74, 6) is 0.122. The van der Waals surface area contributed by atoms with Crippen molar-refractivity contribution in [2.75, 3.05) is 46.9 Å². The molecule has 1 fully saturated rings. The average molecular weight is 377 g/mol. The highest BCUT2D eigenvalue weighted by molar-refractivity contribution is 5.78. The number of amides is 1. The molecule has 2 rings (SSSR count). The molecule has 0 bridgehead atoms. The van der Waals surface area contributed by atoms with E-state index in [1.54, 1.807) is 12.0 Å². The molecule has 1 amide bonds. The van der Waals surface area contributed by atoms with Crippen molar-refractivity contribution < 1.29 is 19.4 Å². The van der Waals surface area contributed by atoms with Gasteiger partial charge in [-0.15, -0.1) is 0 Å². The van der Waals surface area contributed by atoms with Gasteiger partial charge in [-0.25, -0.2) is 0 Å². The van der Waals surface area contributed by atoms with Crippen LogP contribution in [0.3, 0.4) is 0 Å². The van der Waals surface area contributed by atoms with E-state index < -0.39 is 5.97 Å². The van der Waals surface area contributed by atoms with Gasteiger partial charge in [-0.3, -0.25) is 19.4 Å². The smallest absolute Gasteiger partial charge is 0.317 e. The van der Waals surface area contributed by atoms with Crippen LogP contribution in [0.25, 0.3) is 0 Å². The number of piperidine rings is 1. The third-order valence-corrected chi connectivity index (χ3v) is 5.18. The molecule has 27 heavy (non-hydrogen) atoms. The molecule has 1 aromatic rings. The van der Waals surface area contributed by atoms with Crippen LogP contribution in [0.2, 0.25) is 0 Å². The summed E-state index contributed by atoms with van der Waals surface area (Å²) in [6.45, 7) is 5.44. The molecule has 1 aliphatic rings. The third-order valence-electron chi connectivity index (χ3n) is 5.18. The predicted octanol–water partition coefficient (Wildman–Crippen LogP) is 1.52. The average Bonchev–Trinajstić information content (AvgIpc) is 2.67. The number of carboxylic acids is 1. The summed E-state index contributed by atoms with van der Waals surface area (Å²) in [4.78, 5) is 29.4. The number of benzene rings is 1. The van der Waals surface area contributed by atoms with Crippen LogP contribution in [0.1, 0.15) is 25.3 Å². The van der Waals surface area contributed by atoms with E-state index in [2.05, 4.69) is 4.90 Å². The third kappa shape index (κ3) is 6.52.